The Morgan fingerprint density at radius 1 is 1.26 bits per heavy atom. The molecule has 0 radical (unpaired) electrons. The molecule has 0 aliphatic carbocycles. The first-order chi connectivity index (χ1) is 11.2. The molecule has 0 saturated heterocycles. The molecule has 0 aliphatic rings. The van der Waals surface area contributed by atoms with E-state index < -0.39 is 5.97 Å². The maximum atomic E-state index is 11.0. The molecule has 0 atom stereocenters. The molecule has 0 amide bonds. The van der Waals surface area contributed by atoms with Crippen LogP contribution in [0, 0.1) is 0 Å². The third-order valence-corrected chi connectivity index (χ3v) is 3.16. The van der Waals surface area contributed by atoms with Crippen molar-refractivity contribution < 1.29 is 14.6 Å². The van der Waals surface area contributed by atoms with E-state index in [1.165, 1.54) is 12.5 Å². The topological polar surface area (TPSA) is 90.1 Å². The van der Waals surface area contributed by atoms with E-state index in [9.17, 15) is 4.79 Å². The Hall–Kier alpha value is -3.06. The molecular weight excluding hydrogens is 296 g/mol. The first kappa shape index (κ1) is 14.9. The summed E-state index contributed by atoms with van der Waals surface area (Å²) in [4.78, 5) is 23.8. The normalized spacial score (nSPS) is 10.7. The van der Waals surface area contributed by atoms with Crippen LogP contribution in [0.3, 0.4) is 0 Å². The Balaban J connectivity index is 2.08. The molecule has 0 saturated carbocycles. The van der Waals surface area contributed by atoms with E-state index in [0.717, 1.165) is 5.56 Å². The predicted octanol–water partition coefficient (Wildman–Crippen LogP) is 2.17. The number of nitrogens with zero attached hydrogens (tertiary/aromatic N) is 4. The average molecular weight is 310 g/mol. The van der Waals surface area contributed by atoms with E-state index in [2.05, 4.69) is 15.0 Å². The van der Waals surface area contributed by atoms with E-state index in [1.54, 1.807) is 17.7 Å². The molecule has 0 aliphatic heterocycles. The van der Waals surface area contributed by atoms with Crippen molar-refractivity contribution in [1.82, 2.24) is 19.5 Å². The second kappa shape index (κ2) is 6.37. The summed E-state index contributed by atoms with van der Waals surface area (Å²) in [6, 6.07) is 11.3. The number of hydrogen-bond acceptors (Lipinski definition) is 5. The van der Waals surface area contributed by atoms with Crippen LogP contribution >= 0.6 is 0 Å². The molecule has 2 aromatic heterocycles. The van der Waals surface area contributed by atoms with E-state index in [-0.39, 0.29) is 5.69 Å². The number of benzene rings is 1. The lowest BCUT2D eigenvalue weighted by Gasteiger charge is -2.08. The maximum absolute atomic E-state index is 11.0. The number of carboxylic acid groups (broad SMARTS) is 1. The summed E-state index contributed by atoms with van der Waals surface area (Å²) < 4.78 is 6.70. The predicted molar refractivity (Wildman–Crippen MR) is 82.3 cm³/mol. The van der Waals surface area contributed by atoms with Gasteiger partial charge in [0.25, 0.3) is 0 Å². The molecule has 1 aromatic carbocycles. The molecule has 0 unspecified atom stereocenters. The van der Waals surface area contributed by atoms with Crippen molar-refractivity contribution in [2.75, 3.05) is 7.11 Å². The van der Waals surface area contributed by atoms with Gasteiger partial charge in [0.2, 0.25) is 0 Å². The number of hydrogen-bond donors (Lipinski definition) is 1. The van der Waals surface area contributed by atoms with Crippen molar-refractivity contribution in [2.24, 2.45) is 0 Å². The molecule has 0 bridgehead atoms. The molecule has 3 rings (SSSR count). The highest BCUT2D eigenvalue weighted by atomic mass is 16.5. The van der Waals surface area contributed by atoms with Crippen LogP contribution in [0.15, 0.2) is 48.9 Å². The van der Waals surface area contributed by atoms with Gasteiger partial charge in [0, 0.05) is 24.9 Å². The Kier molecular flexibility index (Phi) is 4.11. The number of ether oxygens (including phenoxy) is 1. The van der Waals surface area contributed by atoms with E-state index in [4.69, 9.17) is 9.84 Å². The molecular formula is C16H14N4O3. The van der Waals surface area contributed by atoms with Crippen LogP contribution in [0.4, 0.5) is 0 Å². The van der Waals surface area contributed by atoms with Crippen molar-refractivity contribution in [3.63, 3.8) is 0 Å². The lowest BCUT2D eigenvalue weighted by atomic mass is 10.2. The van der Waals surface area contributed by atoms with E-state index in [1.807, 2.05) is 30.3 Å². The van der Waals surface area contributed by atoms with Gasteiger partial charge < -0.3 is 9.84 Å². The van der Waals surface area contributed by atoms with Gasteiger partial charge >= 0.3 is 5.97 Å². The molecule has 7 nitrogen and oxygen atoms in total. The molecule has 2 heterocycles. The maximum Gasteiger partial charge on any atom is 0.356 e. The highest BCUT2D eigenvalue weighted by molar-refractivity contribution is 5.85. The largest absolute Gasteiger partial charge is 0.476 e. The van der Waals surface area contributed by atoms with Crippen LogP contribution in [-0.4, -0.2) is 37.7 Å². The molecule has 0 spiro atoms. The van der Waals surface area contributed by atoms with Gasteiger partial charge in [0.15, 0.2) is 11.5 Å². The summed E-state index contributed by atoms with van der Waals surface area (Å²) in [7, 11) is 1.59. The van der Waals surface area contributed by atoms with Gasteiger partial charge in [-0.25, -0.2) is 19.7 Å². The summed E-state index contributed by atoms with van der Waals surface area (Å²) in [6.07, 6.45) is 2.83. The van der Waals surface area contributed by atoms with Crippen molar-refractivity contribution in [3.8, 4) is 17.2 Å². The molecule has 3 aromatic rings. The van der Waals surface area contributed by atoms with E-state index >= 15 is 0 Å². The number of carboxylic acids is 1. The van der Waals surface area contributed by atoms with Gasteiger partial charge in [-0.15, -0.1) is 0 Å². The Bertz CT molecular complexity index is 830. The number of methoxy groups -OCH3 is 1. The minimum Gasteiger partial charge on any atom is -0.476 e. The van der Waals surface area contributed by atoms with Gasteiger partial charge in [-0.05, 0) is 0 Å². The van der Waals surface area contributed by atoms with Crippen LogP contribution in [0.1, 0.15) is 16.2 Å². The zero-order chi connectivity index (χ0) is 16.2. The van der Waals surface area contributed by atoms with Gasteiger partial charge in [-0.2, -0.15) is 0 Å². The zero-order valence-corrected chi connectivity index (χ0v) is 12.4. The molecule has 23 heavy (non-hydrogen) atoms. The highest BCUT2D eigenvalue weighted by Gasteiger charge is 2.11. The van der Waals surface area contributed by atoms with Crippen molar-refractivity contribution in [3.05, 3.63) is 60.3 Å². The average Bonchev–Trinajstić information content (AvgIpc) is 3.06. The first-order valence-electron chi connectivity index (χ1n) is 6.87. The SMILES string of the molecule is COCc1cc(-n2cnc(C(=O)O)c2)nc(-c2ccccc2)n1. The van der Waals surface area contributed by atoms with Gasteiger partial charge in [-0.3, -0.25) is 4.57 Å². The van der Waals surface area contributed by atoms with E-state index in [0.29, 0.717) is 23.9 Å². The fraction of sp³-hybridized carbons (Fsp3) is 0.125. The highest BCUT2D eigenvalue weighted by Crippen LogP contribution is 2.18. The van der Waals surface area contributed by atoms with Crippen LogP contribution < -0.4 is 0 Å². The third-order valence-electron chi connectivity index (χ3n) is 3.16. The van der Waals surface area contributed by atoms with Crippen LogP contribution in [0.25, 0.3) is 17.2 Å². The van der Waals surface area contributed by atoms with Gasteiger partial charge in [0.1, 0.15) is 12.1 Å². The van der Waals surface area contributed by atoms with Gasteiger partial charge in [-0.1, -0.05) is 30.3 Å². The number of aromatic carboxylic acids is 1. The summed E-state index contributed by atoms with van der Waals surface area (Å²) in [5.74, 6) is -0.00941. The van der Waals surface area contributed by atoms with Crippen LogP contribution in [0.5, 0.6) is 0 Å². The second-order valence-electron chi connectivity index (χ2n) is 4.81. The summed E-state index contributed by atoms with van der Waals surface area (Å²) in [5, 5.41) is 8.99. The van der Waals surface area contributed by atoms with Crippen LogP contribution in [-0.2, 0) is 11.3 Å². The standard InChI is InChI=1S/C16H14N4O3/c1-23-9-12-7-14(20-8-13(16(21)22)17-10-20)19-15(18-12)11-5-3-2-4-6-11/h2-8,10H,9H2,1H3,(H,21,22). The Labute approximate surface area is 132 Å². The van der Waals surface area contributed by atoms with Crippen molar-refractivity contribution in [1.29, 1.82) is 0 Å². The zero-order valence-electron chi connectivity index (χ0n) is 12.4. The summed E-state index contributed by atoms with van der Waals surface area (Å²) in [6.45, 7) is 0.329. The van der Waals surface area contributed by atoms with Crippen molar-refractivity contribution in [2.45, 2.75) is 6.61 Å². The van der Waals surface area contributed by atoms with Gasteiger partial charge in [0.05, 0.1) is 12.3 Å². The number of carbonyl (C=O) groups is 1. The quantitative estimate of drug-likeness (QED) is 0.776. The third kappa shape index (κ3) is 3.24. The molecule has 116 valence electrons. The number of aromatic nitrogens is 4. The Morgan fingerprint density at radius 2 is 2.04 bits per heavy atom. The second-order valence-corrected chi connectivity index (χ2v) is 4.81. The minimum absolute atomic E-state index is 0.0434. The summed E-state index contributed by atoms with van der Waals surface area (Å²) in [5.41, 5.74) is 1.52. The first-order valence-corrected chi connectivity index (χ1v) is 6.87. The lowest BCUT2D eigenvalue weighted by molar-refractivity contribution is 0.0691. The molecule has 1 N–H and O–H groups in total. The lowest BCUT2D eigenvalue weighted by Crippen LogP contribution is -2.03. The minimum atomic E-state index is -1.08. The fourth-order valence-corrected chi connectivity index (χ4v) is 2.11. The number of rotatable bonds is 5. The van der Waals surface area contributed by atoms with Crippen molar-refractivity contribution >= 4 is 5.97 Å². The van der Waals surface area contributed by atoms with Crippen LogP contribution in [0.2, 0.25) is 0 Å². The number of imidazole rings is 1. The Morgan fingerprint density at radius 3 is 2.70 bits per heavy atom. The molecule has 0 fully saturated rings. The summed E-state index contributed by atoms with van der Waals surface area (Å²) >= 11 is 0. The fourth-order valence-electron chi connectivity index (χ4n) is 2.11. The molecule has 7 heteroatoms. The smallest absolute Gasteiger partial charge is 0.356 e. The monoisotopic (exact) mass is 310 g/mol.